The maximum atomic E-state index is 12.1. The van der Waals surface area contributed by atoms with Gasteiger partial charge in [-0.2, -0.15) is 0 Å². The van der Waals surface area contributed by atoms with Gasteiger partial charge in [-0.15, -0.1) is 0 Å². The van der Waals surface area contributed by atoms with E-state index in [9.17, 15) is 14.7 Å². The van der Waals surface area contributed by atoms with Crippen LogP contribution in [0, 0.1) is 0 Å². The Hall–Kier alpha value is -1.62. The highest BCUT2D eigenvalue weighted by Gasteiger charge is 2.54. The van der Waals surface area contributed by atoms with E-state index in [1.165, 1.54) is 12.2 Å². The number of hydrogen-bond acceptors (Lipinski definition) is 4. The van der Waals surface area contributed by atoms with E-state index in [2.05, 4.69) is 5.32 Å². The van der Waals surface area contributed by atoms with Crippen molar-refractivity contribution in [2.75, 3.05) is 0 Å². The van der Waals surface area contributed by atoms with Crippen LogP contribution in [0.15, 0.2) is 23.5 Å². The van der Waals surface area contributed by atoms with E-state index in [1.54, 1.807) is 6.92 Å². The van der Waals surface area contributed by atoms with Crippen molar-refractivity contribution in [3.05, 3.63) is 23.5 Å². The Morgan fingerprint density at radius 3 is 2.79 bits per heavy atom. The first-order chi connectivity index (χ1) is 8.75. The molecule has 2 heterocycles. The molecule has 2 aliphatic heterocycles. The van der Waals surface area contributed by atoms with Crippen LogP contribution in [0.25, 0.3) is 0 Å². The lowest BCUT2D eigenvalue weighted by Crippen LogP contribution is -2.47. The maximum Gasteiger partial charge on any atom is 0.249 e. The fraction of sp³-hybridized carbons (Fsp3) is 0.571. The summed E-state index contributed by atoms with van der Waals surface area (Å²) in [5.74, 6) is 0.166. The van der Waals surface area contributed by atoms with Gasteiger partial charge in [0.15, 0.2) is 5.78 Å². The molecule has 2 rings (SSSR count). The highest BCUT2D eigenvalue weighted by atomic mass is 16.3. The number of fused-ring (bicyclic) bond motifs is 1. The number of aliphatic hydroxyl groups excluding tert-OH is 1. The summed E-state index contributed by atoms with van der Waals surface area (Å²) < 4.78 is 0. The Labute approximate surface area is 113 Å². The molecule has 0 spiro atoms. The smallest absolute Gasteiger partial charge is 0.249 e. The number of allylic oxidation sites excluding steroid dienone is 1. The van der Waals surface area contributed by atoms with Crippen LogP contribution in [0.1, 0.15) is 34.1 Å². The van der Waals surface area contributed by atoms with Crippen molar-refractivity contribution in [3.8, 4) is 0 Å². The Morgan fingerprint density at radius 2 is 2.21 bits per heavy atom. The molecule has 0 aromatic carbocycles. The van der Waals surface area contributed by atoms with Crippen LogP contribution in [-0.4, -0.2) is 39.4 Å². The fourth-order valence-electron chi connectivity index (χ4n) is 2.87. The van der Waals surface area contributed by atoms with Crippen molar-refractivity contribution >= 4 is 11.7 Å². The van der Waals surface area contributed by atoms with Gasteiger partial charge in [-0.05, 0) is 27.7 Å². The number of rotatable bonds is 2. The van der Waals surface area contributed by atoms with Gasteiger partial charge in [-0.25, -0.2) is 0 Å². The first-order valence-corrected chi connectivity index (χ1v) is 6.45. The van der Waals surface area contributed by atoms with Gasteiger partial charge in [-0.1, -0.05) is 5.57 Å². The molecule has 19 heavy (non-hydrogen) atoms. The number of hydrogen-bond donors (Lipinski definition) is 2. The zero-order valence-electron chi connectivity index (χ0n) is 11.7. The van der Waals surface area contributed by atoms with Gasteiger partial charge in [0, 0.05) is 18.6 Å². The first-order valence-electron chi connectivity index (χ1n) is 6.45. The molecule has 5 nitrogen and oxygen atoms in total. The lowest BCUT2D eigenvalue weighted by molar-refractivity contribution is -0.122. The third-order valence-corrected chi connectivity index (χ3v) is 3.83. The minimum Gasteiger partial charge on any atom is -0.391 e. The Kier molecular flexibility index (Phi) is 3.26. The molecule has 1 saturated heterocycles. The normalized spacial score (nSPS) is 33.0. The van der Waals surface area contributed by atoms with E-state index in [1.807, 2.05) is 25.7 Å². The Bertz CT molecular complexity index is 491. The van der Waals surface area contributed by atoms with Gasteiger partial charge in [0.2, 0.25) is 5.91 Å². The Morgan fingerprint density at radius 1 is 1.58 bits per heavy atom. The molecule has 2 aliphatic rings. The molecule has 0 aromatic heterocycles. The molecule has 1 fully saturated rings. The van der Waals surface area contributed by atoms with Crippen LogP contribution in [0.2, 0.25) is 0 Å². The van der Waals surface area contributed by atoms with Gasteiger partial charge in [-0.3, -0.25) is 9.59 Å². The number of carbonyl (C=O) groups is 2. The second-order valence-corrected chi connectivity index (χ2v) is 5.76. The maximum absolute atomic E-state index is 12.1. The molecule has 0 aromatic rings. The number of carbonyl (C=O) groups excluding carboxylic acids is 2. The van der Waals surface area contributed by atoms with E-state index in [-0.39, 0.29) is 17.7 Å². The summed E-state index contributed by atoms with van der Waals surface area (Å²) in [6, 6.07) is -0.185. The third-order valence-electron chi connectivity index (χ3n) is 3.83. The van der Waals surface area contributed by atoms with Crippen LogP contribution in [0.4, 0.5) is 0 Å². The van der Waals surface area contributed by atoms with E-state index in [4.69, 9.17) is 0 Å². The van der Waals surface area contributed by atoms with E-state index < -0.39 is 11.6 Å². The van der Waals surface area contributed by atoms with Gasteiger partial charge in [0.25, 0.3) is 0 Å². The van der Waals surface area contributed by atoms with Crippen molar-refractivity contribution in [2.24, 2.45) is 0 Å². The van der Waals surface area contributed by atoms with Crippen molar-refractivity contribution < 1.29 is 14.7 Å². The van der Waals surface area contributed by atoms with E-state index in [0.717, 1.165) is 5.57 Å². The molecule has 3 atom stereocenters. The number of ketones is 1. The van der Waals surface area contributed by atoms with Crippen LogP contribution in [0.5, 0.6) is 0 Å². The highest BCUT2D eigenvalue weighted by molar-refractivity contribution is 6.02. The average molecular weight is 264 g/mol. The lowest BCUT2D eigenvalue weighted by atomic mass is 9.95. The molecular weight excluding hydrogens is 244 g/mol. The monoisotopic (exact) mass is 264 g/mol. The number of amides is 1. The summed E-state index contributed by atoms with van der Waals surface area (Å²) >= 11 is 0. The molecule has 104 valence electrons. The van der Waals surface area contributed by atoms with Gasteiger partial charge in [0.05, 0.1) is 12.1 Å². The molecule has 0 saturated carbocycles. The molecule has 1 amide bonds. The summed E-state index contributed by atoms with van der Waals surface area (Å²) in [5.41, 5.74) is 0.159. The van der Waals surface area contributed by atoms with Crippen LogP contribution < -0.4 is 5.32 Å². The summed E-state index contributed by atoms with van der Waals surface area (Å²) in [7, 11) is 0. The van der Waals surface area contributed by atoms with Crippen LogP contribution in [0.3, 0.4) is 0 Å². The number of aliphatic hydroxyl groups is 1. The van der Waals surface area contributed by atoms with Crippen molar-refractivity contribution in [1.29, 1.82) is 0 Å². The van der Waals surface area contributed by atoms with Crippen molar-refractivity contribution in [2.45, 2.75) is 51.8 Å². The molecular formula is C14H20N2O3. The predicted molar refractivity (Wildman–Crippen MR) is 71.0 cm³/mol. The zero-order chi connectivity index (χ0) is 14.4. The summed E-state index contributed by atoms with van der Waals surface area (Å²) in [4.78, 5) is 25.7. The van der Waals surface area contributed by atoms with Crippen LogP contribution >= 0.6 is 0 Å². The lowest BCUT2D eigenvalue weighted by Gasteiger charge is -2.33. The van der Waals surface area contributed by atoms with Gasteiger partial charge < -0.3 is 15.3 Å². The van der Waals surface area contributed by atoms with Crippen molar-refractivity contribution in [1.82, 2.24) is 10.2 Å². The van der Waals surface area contributed by atoms with E-state index in [0.29, 0.717) is 12.2 Å². The SMILES string of the molecule is CC(C)=CC(=O)NC1=CC(=O)[C@]2(C)C[C@H](O)[C@H](C)N12. The molecule has 0 bridgehead atoms. The number of nitrogens with zero attached hydrogens (tertiary/aromatic N) is 1. The third kappa shape index (κ3) is 2.18. The summed E-state index contributed by atoms with van der Waals surface area (Å²) in [6.07, 6.45) is 2.78. The van der Waals surface area contributed by atoms with Gasteiger partial charge >= 0.3 is 0 Å². The quantitative estimate of drug-likeness (QED) is 0.721. The van der Waals surface area contributed by atoms with Crippen LogP contribution in [-0.2, 0) is 9.59 Å². The topological polar surface area (TPSA) is 69.6 Å². The van der Waals surface area contributed by atoms with Gasteiger partial charge in [0.1, 0.15) is 11.4 Å². The Balaban J connectivity index is 2.24. The molecule has 0 radical (unpaired) electrons. The molecule has 5 heteroatoms. The second kappa shape index (κ2) is 4.49. The summed E-state index contributed by atoms with van der Waals surface area (Å²) in [5, 5.41) is 12.7. The minimum atomic E-state index is -0.730. The van der Waals surface area contributed by atoms with Crippen molar-refractivity contribution in [3.63, 3.8) is 0 Å². The largest absolute Gasteiger partial charge is 0.391 e. The first kappa shape index (κ1) is 13.8. The second-order valence-electron chi connectivity index (χ2n) is 5.76. The average Bonchev–Trinajstić information content (AvgIpc) is 2.61. The fourth-order valence-corrected chi connectivity index (χ4v) is 2.87. The van der Waals surface area contributed by atoms with E-state index >= 15 is 0 Å². The summed E-state index contributed by atoms with van der Waals surface area (Å²) in [6.45, 7) is 7.33. The molecule has 2 N–H and O–H groups in total. The predicted octanol–water partition coefficient (Wildman–Crippen LogP) is 0.707. The molecule has 0 unspecified atom stereocenters. The number of nitrogens with one attached hydrogen (secondary N) is 1. The molecule has 0 aliphatic carbocycles. The zero-order valence-corrected chi connectivity index (χ0v) is 11.7. The standard InChI is InChI=1S/C14H20N2O3/c1-8(2)5-13(19)15-12-6-11(18)14(4)7-10(17)9(3)16(12)14/h5-6,9-10,17H,7H2,1-4H3,(H,15,19)/t9-,10-,14-/m0/s1. The highest BCUT2D eigenvalue weighted by Crippen LogP contribution is 2.41. The minimum absolute atomic E-state index is 0.0663.